The summed E-state index contributed by atoms with van der Waals surface area (Å²) in [6, 6.07) is 6.36. The van der Waals surface area contributed by atoms with Gasteiger partial charge in [0.2, 0.25) is 0 Å². The second kappa shape index (κ2) is 8.76. The monoisotopic (exact) mass is 356 g/mol. The van der Waals surface area contributed by atoms with Crippen molar-refractivity contribution in [3.63, 3.8) is 0 Å². The summed E-state index contributed by atoms with van der Waals surface area (Å²) in [5, 5.41) is 0. The standard InChI is InChI=1S/C16H23BO2.C7H14/c1-7-8-13-11-14(10-9-12(13)2)17-18-15(3,4)16(5,6)19-17;1-7-5-3-2-4-6-7/h7-11H,1-6H3;7H,2-6H2,1H3/b8-7-;. The molecule has 1 aliphatic carbocycles. The average molecular weight is 356 g/mol. The van der Waals surface area contributed by atoms with E-state index in [0.29, 0.717) is 0 Å². The third-order valence-corrected chi connectivity index (χ3v) is 6.07. The maximum atomic E-state index is 6.08. The van der Waals surface area contributed by atoms with Crippen LogP contribution in [-0.2, 0) is 9.31 Å². The Morgan fingerprint density at radius 3 is 2.04 bits per heavy atom. The van der Waals surface area contributed by atoms with Gasteiger partial charge in [0.05, 0.1) is 11.2 Å². The average Bonchev–Trinajstić information content (AvgIpc) is 2.79. The van der Waals surface area contributed by atoms with Crippen LogP contribution in [0.2, 0.25) is 0 Å². The fourth-order valence-electron chi connectivity index (χ4n) is 3.45. The van der Waals surface area contributed by atoms with E-state index in [0.717, 1.165) is 11.4 Å². The maximum absolute atomic E-state index is 6.08. The second-order valence-electron chi connectivity index (χ2n) is 8.95. The topological polar surface area (TPSA) is 18.5 Å². The van der Waals surface area contributed by atoms with Gasteiger partial charge in [-0.1, -0.05) is 69.4 Å². The lowest BCUT2D eigenvalue weighted by molar-refractivity contribution is 0.00578. The highest BCUT2D eigenvalue weighted by molar-refractivity contribution is 6.62. The fraction of sp³-hybridized carbons (Fsp3) is 0.652. The van der Waals surface area contributed by atoms with Gasteiger partial charge in [-0.05, 0) is 64.1 Å². The van der Waals surface area contributed by atoms with E-state index in [1.807, 2.05) is 6.92 Å². The minimum Gasteiger partial charge on any atom is -0.399 e. The highest BCUT2D eigenvalue weighted by Gasteiger charge is 2.51. The molecule has 0 spiro atoms. The van der Waals surface area contributed by atoms with Crippen molar-refractivity contribution in [3.8, 4) is 0 Å². The first-order valence-electron chi connectivity index (χ1n) is 10.2. The second-order valence-corrected chi connectivity index (χ2v) is 8.95. The summed E-state index contributed by atoms with van der Waals surface area (Å²) in [5.74, 6) is 1.04. The molecule has 0 amide bonds. The molecular weight excluding hydrogens is 319 g/mol. The van der Waals surface area contributed by atoms with E-state index in [1.165, 1.54) is 43.2 Å². The molecule has 0 bridgehead atoms. The van der Waals surface area contributed by atoms with Crippen molar-refractivity contribution in [2.45, 2.75) is 91.8 Å². The van der Waals surface area contributed by atoms with E-state index in [9.17, 15) is 0 Å². The number of allylic oxidation sites excluding steroid dienone is 1. The van der Waals surface area contributed by atoms with Crippen LogP contribution in [0, 0.1) is 12.8 Å². The van der Waals surface area contributed by atoms with E-state index < -0.39 is 0 Å². The van der Waals surface area contributed by atoms with Gasteiger partial charge < -0.3 is 9.31 Å². The summed E-state index contributed by atoms with van der Waals surface area (Å²) < 4.78 is 12.2. The minimum absolute atomic E-state index is 0.283. The molecular formula is C23H37BO2. The summed E-state index contributed by atoms with van der Waals surface area (Å²) in [7, 11) is -0.283. The smallest absolute Gasteiger partial charge is 0.399 e. The van der Waals surface area contributed by atoms with Crippen LogP contribution >= 0.6 is 0 Å². The molecule has 144 valence electrons. The number of aryl methyl sites for hydroxylation is 1. The molecule has 3 heteroatoms. The van der Waals surface area contributed by atoms with Crippen molar-refractivity contribution in [1.82, 2.24) is 0 Å². The highest BCUT2D eigenvalue weighted by Crippen LogP contribution is 2.36. The molecule has 1 aromatic rings. The predicted molar refractivity (Wildman–Crippen MR) is 114 cm³/mol. The zero-order valence-electron chi connectivity index (χ0n) is 17.9. The zero-order chi connectivity index (χ0) is 19.4. The SMILES string of the molecule is C/C=C\c1cc(B2OC(C)(C)C(C)(C)O2)ccc1C.CC1CCCCC1. The molecule has 3 rings (SSSR count). The molecule has 1 aromatic carbocycles. The molecule has 0 radical (unpaired) electrons. The van der Waals surface area contributed by atoms with Gasteiger partial charge >= 0.3 is 7.12 Å². The summed E-state index contributed by atoms with van der Waals surface area (Å²) in [5.41, 5.74) is 2.98. The summed E-state index contributed by atoms with van der Waals surface area (Å²) >= 11 is 0. The number of rotatable bonds is 2. The van der Waals surface area contributed by atoms with Gasteiger partial charge in [-0.3, -0.25) is 0 Å². The van der Waals surface area contributed by atoms with Crippen molar-refractivity contribution < 1.29 is 9.31 Å². The lowest BCUT2D eigenvalue weighted by Crippen LogP contribution is -2.41. The quantitative estimate of drug-likeness (QED) is 0.613. The Kier molecular flexibility index (Phi) is 7.16. The summed E-state index contributed by atoms with van der Waals surface area (Å²) in [6.07, 6.45) is 11.6. The lowest BCUT2D eigenvalue weighted by Gasteiger charge is -2.32. The molecule has 1 saturated carbocycles. The Labute approximate surface area is 161 Å². The molecule has 0 atom stereocenters. The van der Waals surface area contributed by atoms with Crippen LogP contribution in [0.3, 0.4) is 0 Å². The van der Waals surface area contributed by atoms with E-state index in [4.69, 9.17) is 9.31 Å². The molecule has 0 aromatic heterocycles. The Bertz CT molecular complexity index is 597. The Morgan fingerprint density at radius 1 is 1.00 bits per heavy atom. The third kappa shape index (κ3) is 5.23. The normalized spacial score (nSPS) is 22.3. The van der Waals surface area contributed by atoms with Crippen LogP contribution in [0.15, 0.2) is 24.3 Å². The van der Waals surface area contributed by atoms with Gasteiger partial charge in [-0.2, -0.15) is 0 Å². The van der Waals surface area contributed by atoms with Gasteiger partial charge in [0.1, 0.15) is 0 Å². The molecule has 1 saturated heterocycles. The minimum atomic E-state index is -0.288. The van der Waals surface area contributed by atoms with Crippen molar-refractivity contribution in [2.75, 3.05) is 0 Å². The first kappa shape index (κ1) is 21.2. The molecule has 2 nitrogen and oxygen atoms in total. The van der Waals surface area contributed by atoms with Crippen LogP contribution in [0.1, 0.15) is 84.8 Å². The van der Waals surface area contributed by atoms with Crippen molar-refractivity contribution in [1.29, 1.82) is 0 Å². The van der Waals surface area contributed by atoms with Crippen LogP contribution < -0.4 is 5.46 Å². The van der Waals surface area contributed by atoms with Crippen LogP contribution in [0.5, 0.6) is 0 Å². The fourth-order valence-corrected chi connectivity index (χ4v) is 3.45. The maximum Gasteiger partial charge on any atom is 0.494 e. The number of benzene rings is 1. The van der Waals surface area contributed by atoms with Gasteiger partial charge in [0, 0.05) is 0 Å². The van der Waals surface area contributed by atoms with Crippen molar-refractivity contribution in [2.24, 2.45) is 5.92 Å². The highest BCUT2D eigenvalue weighted by atomic mass is 16.7. The first-order chi connectivity index (χ1) is 12.2. The zero-order valence-corrected chi connectivity index (χ0v) is 17.9. The summed E-state index contributed by atoms with van der Waals surface area (Å²) in [6.45, 7) is 14.8. The Balaban J connectivity index is 0.000000290. The van der Waals surface area contributed by atoms with Crippen LogP contribution in [-0.4, -0.2) is 18.3 Å². The van der Waals surface area contributed by atoms with E-state index in [1.54, 1.807) is 0 Å². The third-order valence-electron chi connectivity index (χ3n) is 6.07. The molecule has 0 N–H and O–H groups in total. The van der Waals surface area contributed by atoms with Crippen molar-refractivity contribution in [3.05, 3.63) is 35.4 Å². The van der Waals surface area contributed by atoms with Crippen molar-refractivity contribution >= 4 is 18.7 Å². The van der Waals surface area contributed by atoms with Crippen LogP contribution in [0.4, 0.5) is 0 Å². The summed E-state index contributed by atoms with van der Waals surface area (Å²) in [4.78, 5) is 0. The lowest BCUT2D eigenvalue weighted by atomic mass is 9.78. The first-order valence-corrected chi connectivity index (χ1v) is 10.2. The predicted octanol–water partition coefficient (Wildman–Crippen LogP) is 5.91. The molecule has 2 aliphatic rings. The van der Waals surface area contributed by atoms with E-state index in [2.05, 4.69) is 71.9 Å². The van der Waals surface area contributed by atoms with E-state index in [-0.39, 0.29) is 18.3 Å². The van der Waals surface area contributed by atoms with Gasteiger partial charge in [-0.15, -0.1) is 0 Å². The molecule has 1 heterocycles. The van der Waals surface area contributed by atoms with E-state index >= 15 is 0 Å². The van der Waals surface area contributed by atoms with Gasteiger partial charge in [-0.25, -0.2) is 0 Å². The molecule has 1 aliphatic heterocycles. The van der Waals surface area contributed by atoms with Crippen LogP contribution in [0.25, 0.3) is 6.08 Å². The number of hydrogen-bond donors (Lipinski definition) is 0. The molecule has 0 unspecified atom stereocenters. The van der Waals surface area contributed by atoms with Gasteiger partial charge in [0.25, 0.3) is 0 Å². The number of hydrogen-bond acceptors (Lipinski definition) is 2. The molecule has 2 fully saturated rings. The Morgan fingerprint density at radius 2 is 1.58 bits per heavy atom. The Hall–Kier alpha value is -1.06. The van der Waals surface area contributed by atoms with Gasteiger partial charge in [0.15, 0.2) is 0 Å². The largest absolute Gasteiger partial charge is 0.494 e. The molecule has 26 heavy (non-hydrogen) atoms.